The Hall–Kier alpha value is -0.840. The Labute approximate surface area is 120 Å². The van der Waals surface area contributed by atoms with E-state index in [0.29, 0.717) is 0 Å². The fourth-order valence-electron chi connectivity index (χ4n) is 1.67. The van der Waals surface area contributed by atoms with E-state index in [0.717, 1.165) is 36.4 Å². The minimum Gasteiger partial charge on any atom is -0.330 e. The number of hydrogen-bond donors (Lipinski definition) is 2. The van der Waals surface area contributed by atoms with Crippen LogP contribution in [0.15, 0.2) is 29.2 Å². The van der Waals surface area contributed by atoms with Gasteiger partial charge in [0.15, 0.2) is 5.78 Å². The lowest BCUT2D eigenvalue weighted by molar-refractivity contribution is 0.0939. The molecule has 19 heavy (non-hydrogen) atoms. The van der Waals surface area contributed by atoms with Crippen LogP contribution in [-0.2, 0) is 0 Å². The molecular formula is C15H24N2OS. The molecule has 0 bridgehead atoms. The predicted molar refractivity (Wildman–Crippen MR) is 82.4 cm³/mol. The van der Waals surface area contributed by atoms with Crippen molar-refractivity contribution in [3.05, 3.63) is 29.8 Å². The van der Waals surface area contributed by atoms with Crippen molar-refractivity contribution in [2.75, 3.05) is 13.1 Å². The van der Waals surface area contributed by atoms with Crippen molar-refractivity contribution in [3.8, 4) is 0 Å². The predicted octanol–water partition coefficient (Wildman–Crippen LogP) is 3.25. The second kappa shape index (κ2) is 9.13. The topological polar surface area (TPSA) is 55.1 Å². The van der Waals surface area contributed by atoms with Crippen molar-refractivity contribution in [1.29, 1.82) is 0 Å². The van der Waals surface area contributed by atoms with Gasteiger partial charge in [-0.3, -0.25) is 9.52 Å². The minimum atomic E-state index is 0.0548. The van der Waals surface area contributed by atoms with Crippen molar-refractivity contribution in [3.63, 3.8) is 0 Å². The van der Waals surface area contributed by atoms with Crippen molar-refractivity contribution in [2.45, 2.75) is 38.0 Å². The Morgan fingerprint density at radius 2 is 1.89 bits per heavy atom. The number of nitrogens with two attached hydrogens (primary N) is 1. The van der Waals surface area contributed by atoms with E-state index < -0.39 is 0 Å². The lowest BCUT2D eigenvalue weighted by Crippen LogP contribution is -2.08. The largest absolute Gasteiger partial charge is 0.330 e. The van der Waals surface area contributed by atoms with E-state index in [1.807, 2.05) is 38.1 Å². The Balaban J connectivity index is 2.30. The van der Waals surface area contributed by atoms with Crippen molar-refractivity contribution in [1.82, 2.24) is 4.72 Å². The molecule has 0 amide bonds. The number of nitrogens with one attached hydrogen (secondary N) is 1. The van der Waals surface area contributed by atoms with Gasteiger partial charge in [-0.1, -0.05) is 32.4 Å². The molecule has 4 heteroatoms. The molecule has 0 saturated carbocycles. The average molecular weight is 280 g/mol. The summed E-state index contributed by atoms with van der Waals surface area (Å²) in [5.74, 6) is 0.255. The van der Waals surface area contributed by atoms with Gasteiger partial charge in [-0.15, -0.1) is 0 Å². The van der Waals surface area contributed by atoms with E-state index in [-0.39, 0.29) is 11.7 Å². The van der Waals surface area contributed by atoms with Crippen LogP contribution in [0.4, 0.5) is 0 Å². The molecule has 1 rings (SSSR count). The smallest absolute Gasteiger partial charge is 0.165 e. The van der Waals surface area contributed by atoms with Gasteiger partial charge in [0.2, 0.25) is 0 Å². The second-order valence-electron chi connectivity index (χ2n) is 4.89. The van der Waals surface area contributed by atoms with Crippen LogP contribution in [0.3, 0.4) is 0 Å². The zero-order valence-corrected chi connectivity index (χ0v) is 12.6. The van der Waals surface area contributed by atoms with Crippen LogP contribution in [0.5, 0.6) is 0 Å². The standard InChI is InChI=1S/C15H24N2OS/c1-12(2)15(18)13-6-8-14(9-7-13)19-17-11-5-3-4-10-16/h6-9,12,17H,3-5,10-11,16H2,1-2H3. The van der Waals surface area contributed by atoms with Crippen LogP contribution < -0.4 is 10.5 Å². The summed E-state index contributed by atoms with van der Waals surface area (Å²) in [6, 6.07) is 7.79. The van der Waals surface area contributed by atoms with Gasteiger partial charge in [-0.05, 0) is 43.5 Å². The summed E-state index contributed by atoms with van der Waals surface area (Å²) < 4.78 is 3.32. The van der Waals surface area contributed by atoms with E-state index in [1.165, 1.54) is 6.42 Å². The molecule has 0 aromatic heterocycles. The summed E-state index contributed by atoms with van der Waals surface area (Å²) in [7, 11) is 0. The third-order valence-corrected chi connectivity index (χ3v) is 3.69. The van der Waals surface area contributed by atoms with Crippen LogP contribution in [0, 0.1) is 5.92 Å². The van der Waals surface area contributed by atoms with Crippen LogP contribution in [-0.4, -0.2) is 18.9 Å². The Morgan fingerprint density at radius 1 is 1.21 bits per heavy atom. The summed E-state index contributed by atoms with van der Waals surface area (Å²) in [4.78, 5) is 12.9. The maximum atomic E-state index is 11.8. The Kier molecular flexibility index (Phi) is 7.79. The first-order valence-electron chi connectivity index (χ1n) is 6.89. The van der Waals surface area contributed by atoms with E-state index in [4.69, 9.17) is 5.73 Å². The fraction of sp³-hybridized carbons (Fsp3) is 0.533. The lowest BCUT2D eigenvalue weighted by Gasteiger charge is -2.06. The normalized spacial score (nSPS) is 10.9. The Bertz CT molecular complexity index is 376. The second-order valence-corrected chi connectivity index (χ2v) is 5.85. The van der Waals surface area contributed by atoms with Crippen molar-refractivity contribution >= 4 is 17.7 Å². The molecular weight excluding hydrogens is 256 g/mol. The molecule has 0 radical (unpaired) electrons. The first kappa shape index (κ1) is 16.2. The molecule has 1 aromatic carbocycles. The number of carbonyl (C=O) groups is 1. The molecule has 3 nitrogen and oxygen atoms in total. The molecule has 106 valence electrons. The summed E-state index contributed by atoms with van der Waals surface area (Å²) in [5, 5.41) is 0. The first-order valence-corrected chi connectivity index (χ1v) is 7.71. The average Bonchev–Trinajstić information content (AvgIpc) is 2.42. The first-order chi connectivity index (χ1) is 9.15. The fourth-order valence-corrected chi connectivity index (χ4v) is 2.36. The van der Waals surface area contributed by atoms with Crippen LogP contribution in [0.25, 0.3) is 0 Å². The van der Waals surface area contributed by atoms with E-state index >= 15 is 0 Å². The summed E-state index contributed by atoms with van der Waals surface area (Å²) >= 11 is 1.61. The maximum Gasteiger partial charge on any atom is 0.165 e. The highest BCUT2D eigenvalue weighted by Gasteiger charge is 2.09. The van der Waals surface area contributed by atoms with Crippen molar-refractivity contribution in [2.24, 2.45) is 11.7 Å². The highest BCUT2D eigenvalue weighted by Crippen LogP contribution is 2.17. The molecule has 3 N–H and O–H groups in total. The molecule has 0 unspecified atom stereocenters. The highest BCUT2D eigenvalue weighted by molar-refractivity contribution is 7.97. The molecule has 1 aromatic rings. The SMILES string of the molecule is CC(C)C(=O)c1ccc(SNCCCCCN)cc1. The number of unbranched alkanes of at least 4 members (excludes halogenated alkanes) is 2. The van der Waals surface area contributed by atoms with Crippen LogP contribution in [0.1, 0.15) is 43.5 Å². The molecule has 0 aliphatic heterocycles. The number of carbonyl (C=O) groups excluding carboxylic acids is 1. The maximum absolute atomic E-state index is 11.8. The third-order valence-electron chi connectivity index (χ3n) is 2.84. The molecule has 0 aliphatic rings. The molecule has 0 fully saturated rings. The third kappa shape index (κ3) is 6.23. The van der Waals surface area contributed by atoms with Gasteiger partial charge in [0, 0.05) is 22.9 Å². The lowest BCUT2D eigenvalue weighted by atomic mass is 10.0. The van der Waals surface area contributed by atoms with Gasteiger partial charge in [-0.25, -0.2) is 0 Å². The number of rotatable bonds is 9. The minimum absolute atomic E-state index is 0.0548. The van der Waals surface area contributed by atoms with Gasteiger partial charge in [0.1, 0.15) is 0 Å². The van der Waals surface area contributed by atoms with Crippen LogP contribution >= 0.6 is 11.9 Å². The molecule has 0 atom stereocenters. The molecule has 0 heterocycles. The van der Waals surface area contributed by atoms with E-state index in [1.54, 1.807) is 11.9 Å². The number of benzene rings is 1. The Morgan fingerprint density at radius 3 is 2.47 bits per heavy atom. The number of hydrogen-bond acceptors (Lipinski definition) is 4. The summed E-state index contributed by atoms with van der Waals surface area (Å²) in [6.07, 6.45) is 3.42. The van der Waals surface area contributed by atoms with E-state index in [2.05, 4.69) is 4.72 Å². The summed E-state index contributed by atoms with van der Waals surface area (Å²) in [5.41, 5.74) is 6.23. The van der Waals surface area contributed by atoms with E-state index in [9.17, 15) is 4.79 Å². The molecule has 0 aliphatic carbocycles. The van der Waals surface area contributed by atoms with Gasteiger partial charge < -0.3 is 5.73 Å². The zero-order valence-electron chi connectivity index (χ0n) is 11.8. The molecule has 0 saturated heterocycles. The van der Waals surface area contributed by atoms with Gasteiger partial charge in [-0.2, -0.15) is 0 Å². The van der Waals surface area contributed by atoms with Gasteiger partial charge in [0.25, 0.3) is 0 Å². The zero-order chi connectivity index (χ0) is 14.1. The molecule has 0 spiro atoms. The van der Waals surface area contributed by atoms with Gasteiger partial charge >= 0.3 is 0 Å². The quantitative estimate of drug-likeness (QED) is 0.414. The number of ketones is 1. The van der Waals surface area contributed by atoms with Gasteiger partial charge in [0.05, 0.1) is 0 Å². The highest BCUT2D eigenvalue weighted by atomic mass is 32.2. The summed E-state index contributed by atoms with van der Waals surface area (Å²) in [6.45, 7) is 5.61. The number of Topliss-reactive ketones (excluding diaryl/α,β-unsaturated/α-hetero) is 1. The van der Waals surface area contributed by atoms with Crippen LogP contribution in [0.2, 0.25) is 0 Å². The van der Waals surface area contributed by atoms with Crippen molar-refractivity contribution < 1.29 is 4.79 Å². The monoisotopic (exact) mass is 280 g/mol.